The topological polar surface area (TPSA) is 66.0 Å². The molecule has 2 aromatic carbocycles. The van der Waals surface area contributed by atoms with Gasteiger partial charge in [-0.05, 0) is 18.6 Å². The van der Waals surface area contributed by atoms with Crippen LogP contribution < -0.4 is 4.74 Å². The van der Waals surface area contributed by atoms with Crippen LogP contribution in [0.5, 0.6) is 5.75 Å². The molecular formula is C21H20N4O2. The van der Waals surface area contributed by atoms with E-state index in [1.807, 2.05) is 42.1 Å². The Balaban J connectivity index is 1.86. The van der Waals surface area contributed by atoms with E-state index in [1.165, 1.54) is 0 Å². The molecule has 0 spiro atoms. The second kappa shape index (κ2) is 7.07. The number of ether oxygens (including phenoxy) is 1. The first kappa shape index (κ1) is 17.0. The first-order chi connectivity index (χ1) is 13.2. The maximum absolute atomic E-state index is 5.56. The number of methoxy groups -OCH3 is 1. The summed E-state index contributed by atoms with van der Waals surface area (Å²) in [6.45, 7) is 4.26. The molecule has 4 rings (SSSR count). The van der Waals surface area contributed by atoms with Gasteiger partial charge in [-0.1, -0.05) is 42.5 Å². The van der Waals surface area contributed by atoms with Gasteiger partial charge >= 0.3 is 0 Å². The van der Waals surface area contributed by atoms with Crippen LogP contribution in [-0.2, 0) is 6.54 Å². The summed E-state index contributed by atoms with van der Waals surface area (Å²) >= 11 is 0. The third kappa shape index (κ3) is 3.33. The van der Waals surface area contributed by atoms with Crippen LogP contribution in [0, 0.1) is 13.8 Å². The predicted octanol–water partition coefficient (Wildman–Crippen LogP) is 4.27. The maximum Gasteiger partial charge on any atom is 0.236 e. The van der Waals surface area contributed by atoms with E-state index < -0.39 is 0 Å². The fourth-order valence-electron chi connectivity index (χ4n) is 3.13. The molecular weight excluding hydrogens is 340 g/mol. The molecule has 0 radical (unpaired) electrons. The molecule has 0 fully saturated rings. The average molecular weight is 360 g/mol. The number of rotatable bonds is 5. The molecule has 0 atom stereocenters. The Hall–Kier alpha value is -3.41. The van der Waals surface area contributed by atoms with E-state index in [-0.39, 0.29) is 0 Å². The van der Waals surface area contributed by atoms with Gasteiger partial charge in [-0.15, -0.1) is 10.2 Å². The molecule has 27 heavy (non-hydrogen) atoms. The van der Waals surface area contributed by atoms with Crippen molar-refractivity contribution in [1.82, 2.24) is 19.7 Å². The van der Waals surface area contributed by atoms with Crippen molar-refractivity contribution in [2.75, 3.05) is 7.11 Å². The van der Waals surface area contributed by atoms with Gasteiger partial charge in [0.1, 0.15) is 12.3 Å². The number of imidazole rings is 1. The zero-order valence-electron chi connectivity index (χ0n) is 15.5. The summed E-state index contributed by atoms with van der Waals surface area (Å²) in [6, 6.07) is 16.3. The molecule has 0 amide bonds. The summed E-state index contributed by atoms with van der Waals surface area (Å²) in [5, 5.41) is 8.03. The van der Waals surface area contributed by atoms with Gasteiger partial charge in [0.2, 0.25) is 11.8 Å². The number of aromatic nitrogens is 4. The van der Waals surface area contributed by atoms with E-state index in [0.717, 1.165) is 33.8 Å². The highest BCUT2D eigenvalue weighted by molar-refractivity contribution is 5.79. The van der Waals surface area contributed by atoms with Gasteiger partial charge in [0, 0.05) is 18.1 Å². The summed E-state index contributed by atoms with van der Waals surface area (Å²) < 4.78 is 13.1. The first-order valence-corrected chi connectivity index (χ1v) is 8.70. The summed E-state index contributed by atoms with van der Waals surface area (Å²) in [5.74, 6) is 1.93. The minimum absolute atomic E-state index is 0.451. The molecule has 6 nitrogen and oxygen atoms in total. The predicted molar refractivity (Wildman–Crippen MR) is 103 cm³/mol. The van der Waals surface area contributed by atoms with Gasteiger partial charge < -0.3 is 13.7 Å². The lowest BCUT2D eigenvalue weighted by atomic mass is 10.0. The maximum atomic E-state index is 5.56. The van der Waals surface area contributed by atoms with Crippen molar-refractivity contribution < 1.29 is 9.15 Å². The minimum atomic E-state index is 0.451. The molecule has 0 saturated heterocycles. The molecule has 0 aliphatic rings. The smallest absolute Gasteiger partial charge is 0.236 e. The average Bonchev–Trinajstić information content (AvgIpc) is 3.29. The van der Waals surface area contributed by atoms with Crippen LogP contribution >= 0.6 is 0 Å². The van der Waals surface area contributed by atoms with Crippen molar-refractivity contribution in [1.29, 1.82) is 0 Å². The second-order valence-electron chi connectivity index (χ2n) is 6.33. The van der Waals surface area contributed by atoms with Gasteiger partial charge in [0.15, 0.2) is 0 Å². The Bertz CT molecular complexity index is 1070. The Labute approximate surface area is 157 Å². The molecule has 4 aromatic rings. The van der Waals surface area contributed by atoms with E-state index in [9.17, 15) is 0 Å². The van der Waals surface area contributed by atoms with Crippen LogP contribution in [-0.4, -0.2) is 26.9 Å². The van der Waals surface area contributed by atoms with Crippen LogP contribution in [0.3, 0.4) is 0 Å². The largest absolute Gasteiger partial charge is 0.496 e. The van der Waals surface area contributed by atoms with E-state index in [0.29, 0.717) is 18.3 Å². The van der Waals surface area contributed by atoms with Gasteiger partial charge in [-0.2, -0.15) is 0 Å². The highest BCUT2D eigenvalue weighted by Crippen LogP contribution is 2.34. The molecule has 0 unspecified atom stereocenters. The van der Waals surface area contributed by atoms with Gasteiger partial charge in [0.05, 0.1) is 24.8 Å². The van der Waals surface area contributed by atoms with Crippen LogP contribution in [0.2, 0.25) is 0 Å². The SMILES string of the molecule is COc1cc(-c2c(-c3ccccc3)ncn2Cc2nnc(C)o2)ccc1C. The van der Waals surface area contributed by atoms with E-state index >= 15 is 0 Å². The van der Waals surface area contributed by atoms with E-state index in [1.54, 1.807) is 14.0 Å². The van der Waals surface area contributed by atoms with Gasteiger partial charge in [-0.25, -0.2) is 4.98 Å². The monoisotopic (exact) mass is 360 g/mol. The van der Waals surface area contributed by atoms with E-state index in [4.69, 9.17) is 9.15 Å². The van der Waals surface area contributed by atoms with Crippen LogP contribution in [0.15, 0.2) is 59.3 Å². The molecule has 0 bridgehead atoms. The normalized spacial score (nSPS) is 10.9. The second-order valence-corrected chi connectivity index (χ2v) is 6.33. The van der Waals surface area contributed by atoms with Crippen molar-refractivity contribution in [3.63, 3.8) is 0 Å². The lowest BCUT2D eigenvalue weighted by Gasteiger charge is -2.12. The summed E-state index contributed by atoms with van der Waals surface area (Å²) in [4.78, 5) is 4.68. The van der Waals surface area contributed by atoms with Crippen molar-refractivity contribution in [2.45, 2.75) is 20.4 Å². The lowest BCUT2D eigenvalue weighted by Crippen LogP contribution is -2.02. The Morgan fingerprint density at radius 2 is 1.81 bits per heavy atom. The molecule has 0 aliphatic carbocycles. The van der Waals surface area contributed by atoms with Crippen LogP contribution in [0.1, 0.15) is 17.3 Å². The molecule has 2 heterocycles. The highest BCUT2D eigenvalue weighted by atomic mass is 16.5. The Morgan fingerprint density at radius 1 is 1.00 bits per heavy atom. The lowest BCUT2D eigenvalue weighted by molar-refractivity contribution is 0.412. The van der Waals surface area contributed by atoms with Crippen LogP contribution in [0.4, 0.5) is 0 Å². The molecule has 136 valence electrons. The van der Waals surface area contributed by atoms with Crippen LogP contribution in [0.25, 0.3) is 22.5 Å². The number of aryl methyl sites for hydroxylation is 2. The fraction of sp³-hybridized carbons (Fsp3) is 0.190. The third-order valence-electron chi connectivity index (χ3n) is 4.44. The summed E-state index contributed by atoms with van der Waals surface area (Å²) in [5.41, 5.74) is 5.03. The molecule has 0 N–H and O–H groups in total. The van der Waals surface area contributed by atoms with Gasteiger partial charge in [0.25, 0.3) is 0 Å². The number of benzene rings is 2. The Kier molecular flexibility index (Phi) is 4.46. The number of hydrogen-bond donors (Lipinski definition) is 0. The van der Waals surface area contributed by atoms with Crippen molar-refractivity contribution in [3.8, 4) is 28.3 Å². The number of nitrogens with zero attached hydrogens (tertiary/aromatic N) is 4. The molecule has 6 heteroatoms. The standard InChI is InChI=1S/C21H20N4O2/c1-14-9-10-17(11-18(14)26-3)21-20(16-7-5-4-6-8-16)22-13-25(21)12-19-24-23-15(2)27-19/h4-11,13H,12H2,1-3H3. The quantitative estimate of drug-likeness (QED) is 0.532. The zero-order chi connectivity index (χ0) is 18.8. The van der Waals surface area contributed by atoms with Gasteiger partial charge in [-0.3, -0.25) is 0 Å². The summed E-state index contributed by atoms with van der Waals surface area (Å²) in [7, 11) is 1.68. The third-order valence-corrected chi connectivity index (χ3v) is 4.44. The zero-order valence-corrected chi connectivity index (χ0v) is 15.5. The van der Waals surface area contributed by atoms with Crippen molar-refractivity contribution in [2.24, 2.45) is 0 Å². The molecule has 0 saturated carbocycles. The minimum Gasteiger partial charge on any atom is -0.496 e. The highest BCUT2D eigenvalue weighted by Gasteiger charge is 2.17. The molecule has 2 aromatic heterocycles. The molecule has 0 aliphatic heterocycles. The van der Waals surface area contributed by atoms with Crippen molar-refractivity contribution in [3.05, 3.63) is 72.2 Å². The summed E-state index contributed by atoms with van der Waals surface area (Å²) in [6.07, 6.45) is 1.81. The van der Waals surface area contributed by atoms with E-state index in [2.05, 4.69) is 39.4 Å². The Morgan fingerprint density at radius 3 is 2.52 bits per heavy atom. The first-order valence-electron chi connectivity index (χ1n) is 8.70. The number of hydrogen-bond acceptors (Lipinski definition) is 5. The van der Waals surface area contributed by atoms with Crippen molar-refractivity contribution >= 4 is 0 Å². The fourth-order valence-corrected chi connectivity index (χ4v) is 3.13.